The van der Waals surface area contributed by atoms with E-state index in [9.17, 15) is 9.18 Å². The van der Waals surface area contributed by atoms with E-state index in [1.165, 1.54) is 25.3 Å². The van der Waals surface area contributed by atoms with Crippen molar-refractivity contribution in [2.45, 2.75) is 0 Å². The van der Waals surface area contributed by atoms with Gasteiger partial charge in [-0.3, -0.25) is 10.1 Å². The molecule has 0 saturated carbocycles. The molecule has 0 spiro atoms. The van der Waals surface area contributed by atoms with Crippen molar-refractivity contribution in [2.75, 3.05) is 19.0 Å². The third-order valence-electron chi connectivity index (χ3n) is 3.17. The Balaban J connectivity index is 1.60. The number of methoxy groups -OCH3 is 1. The Morgan fingerprint density at radius 3 is 2.72 bits per heavy atom. The molecule has 0 aliphatic carbocycles. The molecule has 25 heavy (non-hydrogen) atoms. The Hall–Kier alpha value is -3.42. The second-order valence-electron chi connectivity index (χ2n) is 4.91. The Kier molecular flexibility index (Phi) is 4.89. The van der Waals surface area contributed by atoms with Crippen molar-refractivity contribution in [2.24, 2.45) is 0 Å². The van der Waals surface area contributed by atoms with Crippen LogP contribution in [-0.4, -0.2) is 29.8 Å². The molecule has 1 heterocycles. The second kappa shape index (κ2) is 7.43. The van der Waals surface area contributed by atoms with Crippen LogP contribution in [0.5, 0.6) is 11.5 Å². The number of ether oxygens (including phenoxy) is 2. The lowest BCUT2D eigenvalue weighted by atomic mass is 10.2. The maximum Gasteiger partial charge on any atom is 0.322 e. The third kappa shape index (κ3) is 4.11. The van der Waals surface area contributed by atoms with Gasteiger partial charge in [-0.1, -0.05) is 23.3 Å². The standard InChI is InChI=1S/C17H14FN3O4/c1-23-13-7-2-3-8-14(13)24-10-15(22)19-17-21-20-16(25-17)11-5-4-6-12(18)9-11/h2-9H,10H2,1H3,(H,19,21,22). The molecule has 3 aromatic rings. The van der Waals surface area contributed by atoms with Crippen LogP contribution in [0, 0.1) is 5.82 Å². The highest BCUT2D eigenvalue weighted by Crippen LogP contribution is 2.25. The topological polar surface area (TPSA) is 86.5 Å². The Labute approximate surface area is 142 Å². The van der Waals surface area contributed by atoms with E-state index in [-0.39, 0.29) is 18.5 Å². The molecule has 1 aromatic heterocycles. The third-order valence-corrected chi connectivity index (χ3v) is 3.17. The van der Waals surface area contributed by atoms with Crippen LogP contribution in [0.1, 0.15) is 0 Å². The molecule has 0 bridgehead atoms. The minimum Gasteiger partial charge on any atom is -0.493 e. The summed E-state index contributed by atoms with van der Waals surface area (Å²) in [5, 5.41) is 9.88. The van der Waals surface area contributed by atoms with E-state index >= 15 is 0 Å². The van der Waals surface area contributed by atoms with E-state index in [4.69, 9.17) is 13.9 Å². The number of hydrogen-bond donors (Lipinski definition) is 1. The summed E-state index contributed by atoms with van der Waals surface area (Å²) in [6.45, 7) is -0.266. The molecule has 0 unspecified atom stereocenters. The average molecular weight is 343 g/mol. The van der Waals surface area contributed by atoms with Gasteiger partial charge in [0.2, 0.25) is 5.89 Å². The van der Waals surface area contributed by atoms with Crippen LogP contribution in [0.4, 0.5) is 10.4 Å². The van der Waals surface area contributed by atoms with Crippen molar-refractivity contribution in [1.82, 2.24) is 10.2 Å². The van der Waals surface area contributed by atoms with Gasteiger partial charge in [0.05, 0.1) is 7.11 Å². The highest BCUT2D eigenvalue weighted by Gasteiger charge is 2.13. The molecular formula is C17H14FN3O4. The van der Waals surface area contributed by atoms with E-state index in [0.717, 1.165) is 0 Å². The maximum absolute atomic E-state index is 13.2. The first-order valence-electron chi connectivity index (χ1n) is 7.31. The number of benzene rings is 2. The van der Waals surface area contributed by atoms with E-state index < -0.39 is 11.7 Å². The number of amides is 1. The number of halogens is 1. The lowest BCUT2D eigenvalue weighted by Crippen LogP contribution is -2.20. The van der Waals surface area contributed by atoms with Crippen molar-refractivity contribution in [3.63, 3.8) is 0 Å². The molecule has 0 radical (unpaired) electrons. The fraction of sp³-hybridized carbons (Fsp3) is 0.118. The zero-order chi connectivity index (χ0) is 17.6. The zero-order valence-electron chi connectivity index (χ0n) is 13.2. The SMILES string of the molecule is COc1ccccc1OCC(=O)Nc1nnc(-c2cccc(F)c2)o1. The van der Waals surface area contributed by atoms with Gasteiger partial charge in [-0.15, -0.1) is 5.10 Å². The summed E-state index contributed by atoms with van der Waals surface area (Å²) in [6.07, 6.45) is 0. The number of para-hydroxylation sites is 2. The van der Waals surface area contributed by atoms with Crippen LogP contribution < -0.4 is 14.8 Å². The van der Waals surface area contributed by atoms with Crippen molar-refractivity contribution in [1.29, 1.82) is 0 Å². The molecule has 0 aliphatic rings. The molecule has 0 fully saturated rings. The van der Waals surface area contributed by atoms with Gasteiger partial charge in [0.25, 0.3) is 5.91 Å². The maximum atomic E-state index is 13.2. The van der Waals surface area contributed by atoms with E-state index in [2.05, 4.69) is 15.5 Å². The number of hydrogen-bond acceptors (Lipinski definition) is 6. The van der Waals surface area contributed by atoms with E-state index in [0.29, 0.717) is 17.1 Å². The summed E-state index contributed by atoms with van der Waals surface area (Å²) in [5.74, 6) is 0.139. The van der Waals surface area contributed by atoms with Crippen molar-refractivity contribution >= 4 is 11.9 Å². The van der Waals surface area contributed by atoms with Gasteiger partial charge in [-0.05, 0) is 30.3 Å². The fourth-order valence-corrected chi connectivity index (χ4v) is 2.05. The molecule has 1 amide bonds. The van der Waals surface area contributed by atoms with Crippen LogP contribution in [0.3, 0.4) is 0 Å². The summed E-state index contributed by atoms with van der Waals surface area (Å²) in [5.41, 5.74) is 0.415. The normalized spacial score (nSPS) is 10.3. The lowest BCUT2D eigenvalue weighted by Gasteiger charge is -2.09. The Morgan fingerprint density at radius 1 is 1.16 bits per heavy atom. The average Bonchev–Trinajstić information content (AvgIpc) is 3.08. The Bertz CT molecular complexity index is 882. The molecule has 128 valence electrons. The number of rotatable bonds is 6. The van der Waals surface area contributed by atoms with Crippen molar-refractivity contribution in [3.8, 4) is 23.0 Å². The molecule has 3 rings (SSSR count). The fourth-order valence-electron chi connectivity index (χ4n) is 2.05. The van der Waals surface area contributed by atoms with Crippen molar-refractivity contribution in [3.05, 3.63) is 54.3 Å². The molecule has 1 N–H and O–H groups in total. The van der Waals surface area contributed by atoms with Crippen LogP contribution in [0.15, 0.2) is 52.9 Å². The molecule has 2 aromatic carbocycles. The quantitative estimate of drug-likeness (QED) is 0.740. The smallest absolute Gasteiger partial charge is 0.322 e. The van der Waals surface area contributed by atoms with Crippen molar-refractivity contribution < 1.29 is 23.1 Å². The monoisotopic (exact) mass is 343 g/mol. The minimum absolute atomic E-state index is 0.0976. The number of carbonyl (C=O) groups is 1. The Morgan fingerprint density at radius 2 is 1.96 bits per heavy atom. The predicted molar refractivity (Wildman–Crippen MR) is 86.8 cm³/mol. The highest BCUT2D eigenvalue weighted by atomic mass is 19.1. The zero-order valence-corrected chi connectivity index (χ0v) is 13.2. The highest BCUT2D eigenvalue weighted by molar-refractivity contribution is 5.89. The minimum atomic E-state index is -0.486. The second-order valence-corrected chi connectivity index (χ2v) is 4.91. The van der Waals surface area contributed by atoms with Crippen LogP contribution in [-0.2, 0) is 4.79 Å². The summed E-state index contributed by atoms with van der Waals surface area (Å²) in [6, 6.07) is 12.5. The van der Waals surface area contributed by atoms with Gasteiger partial charge in [-0.25, -0.2) is 4.39 Å². The first-order chi connectivity index (χ1) is 12.2. The first kappa shape index (κ1) is 16.4. The summed E-state index contributed by atoms with van der Waals surface area (Å²) in [7, 11) is 1.51. The van der Waals surface area contributed by atoms with Crippen LogP contribution in [0.2, 0.25) is 0 Å². The summed E-state index contributed by atoms with van der Waals surface area (Å²) >= 11 is 0. The van der Waals surface area contributed by atoms with Gasteiger partial charge < -0.3 is 13.9 Å². The molecule has 8 heteroatoms. The van der Waals surface area contributed by atoms with Gasteiger partial charge in [0.15, 0.2) is 18.1 Å². The predicted octanol–water partition coefficient (Wildman–Crippen LogP) is 2.90. The molecule has 0 atom stereocenters. The first-order valence-corrected chi connectivity index (χ1v) is 7.31. The van der Waals surface area contributed by atoms with Gasteiger partial charge in [0.1, 0.15) is 5.82 Å². The van der Waals surface area contributed by atoms with E-state index in [1.807, 2.05) is 0 Å². The lowest BCUT2D eigenvalue weighted by molar-refractivity contribution is -0.118. The van der Waals surface area contributed by atoms with Crippen LogP contribution in [0.25, 0.3) is 11.5 Å². The van der Waals surface area contributed by atoms with Crippen LogP contribution >= 0.6 is 0 Å². The number of aromatic nitrogens is 2. The summed E-state index contributed by atoms with van der Waals surface area (Å²) < 4.78 is 29.0. The van der Waals surface area contributed by atoms with Gasteiger partial charge in [-0.2, -0.15) is 0 Å². The molecule has 0 saturated heterocycles. The number of nitrogens with zero attached hydrogens (tertiary/aromatic N) is 2. The largest absolute Gasteiger partial charge is 0.493 e. The van der Waals surface area contributed by atoms with Gasteiger partial charge >= 0.3 is 6.01 Å². The summed E-state index contributed by atoms with van der Waals surface area (Å²) in [4.78, 5) is 11.9. The molecule has 0 aliphatic heterocycles. The van der Waals surface area contributed by atoms with Gasteiger partial charge in [0, 0.05) is 5.56 Å². The number of anilines is 1. The number of nitrogens with one attached hydrogen (secondary N) is 1. The number of carbonyl (C=O) groups excluding carboxylic acids is 1. The van der Waals surface area contributed by atoms with E-state index in [1.54, 1.807) is 30.3 Å². The molecule has 7 nitrogen and oxygen atoms in total. The molecular weight excluding hydrogens is 329 g/mol.